The van der Waals surface area contributed by atoms with E-state index in [2.05, 4.69) is 36.9 Å². The summed E-state index contributed by atoms with van der Waals surface area (Å²) in [6.45, 7) is 5.77. The van der Waals surface area contributed by atoms with Crippen LogP contribution >= 0.6 is 0 Å². The number of fused-ring (bicyclic) bond motifs is 1. The van der Waals surface area contributed by atoms with E-state index in [9.17, 15) is 10.1 Å². The Bertz CT molecular complexity index is 710. The molecule has 0 radical (unpaired) electrons. The molecule has 1 aliphatic heterocycles. The largest absolute Gasteiger partial charge is 0.361 e. The van der Waals surface area contributed by atoms with Crippen LogP contribution in [0.5, 0.6) is 0 Å². The van der Waals surface area contributed by atoms with Crippen LogP contribution in [-0.4, -0.2) is 11.5 Å². The summed E-state index contributed by atoms with van der Waals surface area (Å²) in [5, 5.41) is 11.4. The molecule has 0 aliphatic carbocycles. The maximum atomic E-state index is 11.4. The van der Waals surface area contributed by atoms with Gasteiger partial charge in [0.25, 0.3) is 5.69 Å². The SMILES string of the molecule is CC(C)c1ccc([N+](=O)[O-])c(N2CCc3ccccc3C2)c1. The summed E-state index contributed by atoms with van der Waals surface area (Å²) in [7, 11) is 0. The Morgan fingerprint density at radius 3 is 2.55 bits per heavy atom. The first-order valence-corrected chi connectivity index (χ1v) is 7.66. The van der Waals surface area contributed by atoms with Gasteiger partial charge in [-0.15, -0.1) is 0 Å². The van der Waals surface area contributed by atoms with E-state index in [-0.39, 0.29) is 10.6 Å². The highest BCUT2D eigenvalue weighted by Gasteiger charge is 2.24. The topological polar surface area (TPSA) is 46.4 Å². The fraction of sp³-hybridized carbons (Fsp3) is 0.333. The fourth-order valence-corrected chi connectivity index (χ4v) is 3.01. The minimum absolute atomic E-state index is 0.198. The lowest BCUT2D eigenvalue weighted by Crippen LogP contribution is -2.30. The third kappa shape index (κ3) is 2.69. The highest BCUT2D eigenvalue weighted by Crippen LogP contribution is 2.34. The summed E-state index contributed by atoms with van der Waals surface area (Å²) in [5.74, 6) is 0.358. The van der Waals surface area contributed by atoms with Crippen molar-refractivity contribution in [2.45, 2.75) is 32.7 Å². The first kappa shape index (κ1) is 14.6. The van der Waals surface area contributed by atoms with Crippen LogP contribution in [-0.2, 0) is 13.0 Å². The quantitative estimate of drug-likeness (QED) is 0.627. The van der Waals surface area contributed by atoms with Gasteiger partial charge in [-0.05, 0) is 35.1 Å². The lowest BCUT2D eigenvalue weighted by atomic mass is 9.97. The van der Waals surface area contributed by atoms with Gasteiger partial charge in [0.2, 0.25) is 0 Å². The van der Waals surface area contributed by atoms with E-state index < -0.39 is 0 Å². The molecular formula is C18H20N2O2. The van der Waals surface area contributed by atoms with Crippen LogP contribution in [0.4, 0.5) is 11.4 Å². The highest BCUT2D eigenvalue weighted by molar-refractivity contribution is 5.65. The highest BCUT2D eigenvalue weighted by atomic mass is 16.6. The number of rotatable bonds is 3. The van der Waals surface area contributed by atoms with Crippen molar-refractivity contribution >= 4 is 11.4 Å². The maximum absolute atomic E-state index is 11.4. The summed E-state index contributed by atoms with van der Waals surface area (Å²) < 4.78 is 0. The van der Waals surface area contributed by atoms with E-state index in [1.54, 1.807) is 6.07 Å². The van der Waals surface area contributed by atoms with Gasteiger partial charge in [-0.3, -0.25) is 10.1 Å². The Morgan fingerprint density at radius 2 is 1.86 bits per heavy atom. The number of nitrogens with zero attached hydrogens (tertiary/aromatic N) is 2. The second kappa shape index (κ2) is 5.79. The minimum atomic E-state index is -0.278. The smallest absolute Gasteiger partial charge is 0.292 e. The van der Waals surface area contributed by atoms with E-state index in [4.69, 9.17) is 0 Å². The number of hydrogen-bond acceptors (Lipinski definition) is 3. The molecule has 3 rings (SSSR count). The van der Waals surface area contributed by atoms with Crippen LogP contribution in [0.2, 0.25) is 0 Å². The van der Waals surface area contributed by atoms with Gasteiger partial charge in [0, 0.05) is 19.2 Å². The molecule has 0 aromatic heterocycles. The summed E-state index contributed by atoms with van der Waals surface area (Å²) in [6.07, 6.45) is 0.930. The van der Waals surface area contributed by atoms with Crippen molar-refractivity contribution in [2.24, 2.45) is 0 Å². The standard InChI is InChI=1S/C18H20N2O2/c1-13(2)15-7-8-17(20(21)22)18(11-15)19-10-9-14-5-3-4-6-16(14)12-19/h3-8,11,13H,9-10,12H2,1-2H3. The zero-order valence-corrected chi connectivity index (χ0v) is 13.0. The summed E-state index contributed by atoms with van der Waals surface area (Å²) in [6, 6.07) is 13.8. The summed E-state index contributed by atoms with van der Waals surface area (Å²) in [5.41, 5.74) is 4.69. The van der Waals surface area contributed by atoms with Crippen molar-refractivity contribution in [3.8, 4) is 0 Å². The zero-order chi connectivity index (χ0) is 15.7. The number of nitro benzene ring substituents is 1. The first-order chi connectivity index (χ1) is 10.6. The molecule has 4 heteroatoms. The Morgan fingerprint density at radius 1 is 1.14 bits per heavy atom. The Balaban J connectivity index is 2.00. The Labute approximate surface area is 130 Å². The number of benzene rings is 2. The molecule has 0 unspecified atom stereocenters. The van der Waals surface area contributed by atoms with E-state index in [0.717, 1.165) is 30.8 Å². The molecule has 1 aliphatic rings. The van der Waals surface area contributed by atoms with E-state index >= 15 is 0 Å². The second-order valence-electron chi connectivity index (χ2n) is 6.10. The molecular weight excluding hydrogens is 276 g/mol. The van der Waals surface area contributed by atoms with E-state index in [1.165, 1.54) is 11.1 Å². The first-order valence-electron chi connectivity index (χ1n) is 7.66. The van der Waals surface area contributed by atoms with Gasteiger partial charge in [-0.1, -0.05) is 44.2 Å². The van der Waals surface area contributed by atoms with Gasteiger partial charge in [0.05, 0.1) is 4.92 Å². The minimum Gasteiger partial charge on any atom is -0.361 e. The average Bonchev–Trinajstić information content (AvgIpc) is 2.53. The second-order valence-corrected chi connectivity index (χ2v) is 6.10. The predicted molar refractivity (Wildman–Crippen MR) is 88.4 cm³/mol. The molecule has 2 aromatic carbocycles. The molecule has 0 amide bonds. The van der Waals surface area contributed by atoms with Crippen LogP contribution < -0.4 is 4.90 Å². The van der Waals surface area contributed by atoms with Crippen molar-refractivity contribution in [1.29, 1.82) is 0 Å². The predicted octanol–water partition coefficient (Wildman–Crippen LogP) is 4.28. The van der Waals surface area contributed by atoms with Crippen LogP contribution in [0, 0.1) is 10.1 Å². The number of hydrogen-bond donors (Lipinski definition) is 0. The molecule has 114 valence electrons. The van der Waals surface area contributed by atoms with Gasteiger partial charge in [-0.2, -0.15) is 0 Å². The van der Waals surface area contributed by atoms with Crippen LogP contribution in [0.3, 0.4) is 0 Å². The molecule has 0 saturated heterocycles. The zero-order valence-electron chi connectivity index (χ0n) is 13.0. The van der Waals surface area contributed by atoms with Gasteiger partial charge < -0.3 is 4.90 Å². The summed E-state index contributed by atoms with van der Waals surface area (Å²) in [4.78, 5) is 13.2. The lowest BCUT2D eigenvalue weighted by Gasteiger charge is -2.30. The van der Waals surface area contributed by atoms with Crippen molar-refractivity contribution < 1.29 is 4.92 Å². The van der Waals surface area contributed by atoms with Gasteiger partial charge >= 0.3 is 0 Å². The van der Waals surface area contributed by atoms with Crippen molar-refractivity contribution in [2.75, 3.05) is 11.4 Å². The third-order valence-corrected chi connectivity index (χ3v) is 4.33. The molecule has 0 spiro atoms. The molecule has 0 saturated carbocycles. The normalized spacial score (nSPS) is 14.0. The average molecular weight is 296 g/mol. The monoisotopic (exact) mass is 296 g/mol. The van der Waals surface area contributed by atoms with Gasteiger partial charge in [-0.25, -0.2) is 0 Å². The molecule has 0 atom stereocenters. The van der Waals surface area contributed by atoms with Crippen molar-refractivity contribution in [3.05, 3.63) is 69.3 Å². The Kier molecular flexibility index (Phi) is 3.84. The maximum Gasteiger partial charge on any atom is 0.292 e. The fourth-order valence-electron chi connectivity index (χ4n) is 3.01. The number of anilines is 1. The van der Waals surface area contributed by atoms with E-state index in [1.807, 2.05) is 18.2 Å². The van der Waals surface area contributed by atoms with Crippen molar-refractivity contribution in [1.82, 2.24) is 0 Å². The molecule has 0 fully saturated rings. The molecule has 22 heavy (non-hydrogen) atoms. The van der Waals surface area contributed by atoms with E-state index in [0.29, 0.717) is 5.92 Å². The molecule has 0 N–H and O–H groups in total. The van der Waals surface area contributed by atoms with Crippen LogP contribution in [0.15, 0.2) is 42.5 Å². The molecule has 2 aromatic rings. The van der Waals surface area contributed by atoms with Crippen molar-refractivity contribution in [3.63, 3.8) is 0 Å². The number of nitro groups is 1. The van der Waals surface area contributed by atoms with Crippen LogP contribution in [0.1, 0.15) is 36.5 Å². The molecule has 0 bridgehead atoms. The lowest BCUT2D eigenvalue weighted by molar-refractivity contribution is -0.384. The third-order valence-electron chi connectivity index (χ3n) is 4.33. The summed E-state index contributed by atoms with van der Waals surface area (Å²) >= 11 is 0. The van der Waals surface area contributed by atoms with Gasteiger partial charge in [0.15, 0.2) is 0 Å². The molecule has 4 nitrogen and oxygen atoms in total. The Hall–Kier alpha value is -2.36. The van der Waals surface area contributed by atoms with Crippen LogP contribution in [0.25, 0.3) is 0 Å². The van der Waals surface area contributed by atoms with Gasteiger partial charge in [0.1, 0.15) is 5.69 Å². The molecule has 1 heterocycles.